The van der Waals surface area contributed by atoms with Crippen molar-refractivity contribution in [2.45, 2.75) is 0 Å². The van der Waals surface area contributed by atoms with Gasteiger partial charge >= 0.3 is 0 Å². The number of halogens is 1. The van der Waals surface area contributed by atoms with E-state index in [2.05, 4.69) is 48.5 Å². The lowest BCUT2D eigenvalue weighted by Gasteiger charge is -2.18. The molecule has 0 amide bonds. The Hall–Kier alpha value is -5.00. The number of ether oxygens (including phenoxy) is 4. The van der Waals surface area contributed by atoms with Crippen LogP contribution in [-0.2, 0) is 0 Å². The second kappa shape index (κ2) is 12.1. The van der Waals surface area contributed by atoms with Crippen LogP contribution < -0.4 is 18.9 Å². The van der Waals surface area contributed by atoms with E-state index in [0.717, 1.165) is 49.7 Å². The fourth-order valence-electron chi connectivity index (χ4n) is 5.39. The van der Waals surface area contributed by atoms with Gasteiger partial charge in [-0.15, -0.1) is 0 Å². The van der Waals surface area contributed by atoms with E-state index >= 15 is 0 Å². The number of hydrogen-bond acceptors (Lipinski definition) is 5. The molecule has 0 unspecified atom stereocenters. The van der Waals surface area contributed by atoms with Crippen LogP contribution in [0.5, 0.6) is 23.0 Å². The molecule has 6 aromatic rings. The van der Waals surface area contributed by atoms with E-state index in [-0.39, 0.29) is 0 Å². The van der Waals surface area contributed by atoms with Crippen molar-refractivity contribution in [2.24, 2.45) is 0 Å². The van der Waals surface area contributed by atoms with Crippen LogP contribution in [0.3, 0.4) is 0 Å². The number of fused-ring (bicyclic) bond motifs is 1. The molecule has 1 heterocycles. The van der Waals surface area contributed by atoms with Crippen LogP contribution in [0.1, 0.15) is 0 Å². The first kappa shape index (κ1) is 28.1. The summed E-state index contributed by atoms with van der Waals surface area (Å²) in [7, 11) is 6.51. The first-order valence-corrected chi connectivity index (χ1v) is 14.2. The van der Waals surface area contributed by atoms with Crippen molar-refractivity contribution in [3.63, 3.8) is 0 Å². The van der Waals surface area contributed by atoms with Crippen LogP contribution in [0, 0.1) is 0 Å². The lowest BCUT2D eigenvalue weighted by Crippen LogP contribution is -1.97. The second-order valence-electron chi connectivity index (χ2n) is 10.0. The molecule has 0 spiro atoms. The summed E-state index contributed by atoms with van der Waals surface area (Å²) in [5.74, 6) is 2.43. The number of nitrogens with zero attached hydrogens (tertiary/aromatic N) is 1. The molecule has 1 aromatic heterocycles. The van der Waals surface area contributed by atoms with Crippen LogP contribution >= 0.6 is 11.6 Å². The predicted octanol–water partition coefficient (Wildman–Crippen LogP) is 9.59. The van der Waals surface area contributed by atoms with Crippen molar-refractivity contribution >= 4 is 22.4 Å². The third-order valence-electron chi connectivity index (χ3n) is 7.52. The Morgan fingerprint density at radius 2 is 1.05 bits per heavy atom. The molecular formula is C37H30ClNO4. The van der Waals surface area contributed by atoms with Gasteiger partial charge in [0.05, 0.1) is 34.1 Å². The van der Waals surface area contributed by atoms with Crippen molar-refractivity contribution in [1.82, 2.24) is 4.98 Å². The number of pyridine rings is 1. The average molecular weight is 588 g/mol. The minimum absolute atomic E-state index is 0.363. The Bertz CT molecular complexity index is 1870. The van der Waals surface area contributed by atoms with E-state index in [1.54, 1.807) is 28.4 Å². The summed E-state index contributed by atoms with van der Waals surface area (Å²) >= 11 is 6.74. The highest BCUT2D eigenvalue weighted by atomic mass is 35.5. The monoisotopic (exact) mass is 587 g/mol. The second-order valence-corrected chi connectivity index (χ2v) is 10.4. The van der Waals surface area contributed by atoms with E-state index < -0.39 is 0 Å². The van der Waals surface area contributed by atoms with E-state index in [1.165, 1.54) is 0 Å². The smallest absolute Gasteiger partial charge is 0.168 e. The Kier molecular flexibility index (Phi) is 7.91. The topological polar surface area (TPSA) is 49.8 Å². The van der Waals surface area contributed by atoms with E-state index in [9.17, 15) is 0 Å². The van der Waals surface area contributed by atoms with Crippen molar-refractivity contribution in [1.29, 1.82) is 0 Å². The molecule has 0 fully saturated rings. The molecular weight excluding hydrogens is 558 g/mol. The van der Waals surface area contributed by atoms with Gasteiger partial charge in [0.2, 0.25) is 0 Å². The molecule has 0 N–H and O–H groups in total. The highest BCUT2D eigenvalue weighted by Gasteiger charge is 2.19. The average Bonchev–Trinajstić information content (AvgIpc) is 3.07. The molecule has 0 atom stereocenters. The molecule has 0 radical (unpaired) electrons. The molecule has 43 heavy (non-hydrogen) atoms. The third-order valence-corrected chi connectivity index (χ3v) is 7.81. The zero-order valence-electron chi connectivity index (χ0n) is 24.4. The maximum atomic E-state index is 6.74. The summed E-state index contributed by atoms with van der Waals surface area (Å²) in [6.45, 7) is 0. The van der Waals surface area contributed by atoms with Crippen LogP contribution in [0.15, 0.2) is 109 Å². The zero-order valence-corrected chi connectivity index (χ0v) is 25.1. The third kappa shape index (κ3) is 5.47. The van der Waals surface area contributed by atoms with Crippen LogP contribution in [0.4, 0.5) is 0 Å². The molecule has 0 aliphatic rings. The fourth-order valence-corrected chi connectivity index (χ4v) is 5.65. The number of methoxy groups -OCH3 is 4. The van der Waals surface area contributed by atoms with Gasteiger partial charge in [0.25, 0.3) is 0 Å². The molecule has 214 valence electrons. The zero-order chi connectivity index (χ0) is 29.9. The summed E-state index contributed by atoms with van der Waals surface area (Å²) in [6.07, 6.45) is 0. The molecule has 0 saturated heterocycles. The van der Waals surface area contributed by atoms with Gasteiger partial charge in [-0.05, 0) is 81.7 Å². The predicted molar refractivity (Wildman–Crippen MR) is 175 cm³/mol. The van der Waals surface area contributed by atoms with Crippen molar-refractivity contribution < 1.29 is 18.9 Å². The summed E-state index contributed by atoms with van der Waals surface area (Å²) in [6, 6.07) is 37.0. The summed E-state index contributed by atoms with van der Waals surface area (Å²) in [4.78, 5) is 4.77. The highest BCUT2D eigenvalue weighted by Crippen LogP contribution is 2.45. The van der Waals surface area contributed by atoms with Gasteiger partial charge in [-0.2, -0.15) is 0 Å². The SMILES string of the molecule is COc1cc2cc(-c3cc(OC)c(OC)c(-c4cc(-c5ccccc5)cc(-c5ccccc5)c4)c3)nc(Cl)c2cc1OC. The summed E-state index contributed by atoms with van der Waals surface area (Å²) in [5.41, 5.74) is 7.80. The van der Waals surface area contributed by atoms with Gasteiger partial charge in [0.1, 0.15) is 5.15 Å². The molecule has 0 aliphatic carbocycles. The normalized spacial score (nSPS) is 10.9. The van der Waals surface area contributed by atoms with Gasteiger partial charge in [-0.1, -0.05) is 72.3 Å². The maximum Gasteiger partial charge on any atom is 0.168 e. The van der Waals surface area contributed by atoms with E-state index in [0.29, 0.717) is 33.8 Å². The van der Waals surface area contributed by atoms with Gasteiger partial charge < -0.3 is 18.9 Å². The van der Waals surface area contributed by atoms with Crippen LogP contribution in [0.25, 0.3) is 55.4 Å². The Labute approximate surface area is 256 Å². The summed E-state index contributed by atoms with van der Waals surface area (Å²) < 4.78 is 22.8. The minimum Gasteiger partial charge on any atom is -0.493 e. The lowest BCUT2D eigenvalue weighted by atomic mass is 9.91. The largest absolute Gasteiger partial charge is 0.493 e. The molecule has 0 aliphatic heterocycles. The van der Waals surface area contributed by atoms with E-state index in [4.69, 9.17) is 35.5 Å². The standard InChI is InChI=1S/C37H30ClNO4/c1-40-33-20-28-19-32(39-37(38)31(28)22-34(33)41-2)29-18-30(36(43-4)35(21-29)42-3)27-16-25(23-11-7-5-8-12-23)15-26(17-27)24-13-9-6-10-14-24/h5-22H,1-4H3. The van der Waals surface area contributed by atoms with Gasteiger partial charge in [0.15, 0.2) is 23.0 Å². The molecule has 6 rings (SSSR count). The number of rotatable bonds is 8. The summed E-state index contributed by atoms with van der Waals surface area (Å²) in [5, 5.41) is 2.01. The number of aromatic nitrogens is 1. The quantitative estimate of drug-likeness (QED) is 0.166. The van der Waals surface area contributed by atoms with Gasteiger partial charge in [-0.3, -0.25) is 0 Å². The number of hydrogen-bond donors (Lipinski definition) is 0. The fraction of sp³-hybridized carbons (Fsp3) is 0.108. The van der Waals surface area contributed by atoms with Crippen molar-refractivity contribution in [2.75, 3.05) is 28.4 Å². The van der Waals surface area contributed by atoms with Crippen molar-refractivity contribution in [3.8, 4) is 67.6 Å². The van der Waals surface area contributed by atoms with Gasteiger partial charge in [0, 0.05) is 16.5 Å². The molecule has 5 nitrogen and oxygen atoms in total. The first-order chi connectivity index (χ1) is 21.0. The van der Waals surface area contributed by atoms with Gasteiger partial charge in [-0.25, -0.2) is 4.98 Å². The minimum atomic E-state index is 0.363. The molecule has 6 heteroatoms. The Balaban J connectivity index is 1.58. The van der Waals surface area contributed by atoms with E-state index in [1.807, 2.05) is 60.7 Å². The molecule has 0 saturated carbocycles. The van der Waals surface area contributed by atoms with Crippen LogP contribution in [0.2, 0.25) is 5.15 Å². The lowest BCUT2D eigenvalue weighted by molar-refractivity contribution is 0.356. The Morgan fingerprint density at radius 3 is 1.60 bits per heavy atom. The molecule has 0 bridgehead atoms. The molecule has 5 aromatic carbocycles. The first-order valence-electron chi connectivity index (χ1n) is 13.8. The number of benzene rings is 5. The Morgan fingerprint density at radius 1 is 0.488 bits per heavy atom. The van der Waals surface area contributed by atoms with Crippen molar-refractivity contribution in [3.05, 3.63) is 114 Å². The van der Waals surface area contributed by atoms with Crippen LogP contribution in [-0.4, -0.2) is 33.4 Å². The maximum absolute atomic E-state index is 6.74. The highest BCUT2D eigenvalue weighted by molar-refractivity contribution is 6.34.